The highest BCUT2D eigenvalue weighted by Crippen LogP contribution is 2.11. The van der Waals surface area contributed by atoms with Gasteiger partial charge in [0, 0.05) is 19.2 Å². The molecular weight excluding hydrogens is 310 g/mol. The predicted molar refractivity (Wildman–Crippen MR) is 93.8 cm³/mol. The van der Waals surface area contributed by atoms with Crippen molar-refractivity contribution in [2.75, 3.05) is 54.6 Å². The molecule has 0 fully saturated rings. The van der Waals surface area contributed by atoms with Crippen molar-refractivity contribution in [2.24, 2.45) is 4.99 Å². The number of amides is 1. The van der Waals surface area contributed by atoms with Gasteiger partial charge >= 0.3 is 0 Å². The maximum absolute atomic E-state index is 12.3. The molecule has 0 unspecified atom stereocenters. The minimum atomic E-state index is -0.276. The van der Waals surface area contributed by atoms with Crippen molar-refractivity contribution in [1.82, 2.24) is 10.2 Å². The number of carbonyl (C=O) groups is 1. The molecule has 1 aromatic carbocycles. The lowest BCUT2D eigenvalue weighted by atomic mass is 10.2. The zero-order valence-corrected chi connectivity index (χ0v) is 14.9. The van der Waals surface area contributed by atoms with Crippen molar-refractivity contribution in [3.8, 4) is 5.75 Å². The number of methoxy groups -OCH3 is 2. The second-order valence-corrected chi connectivity index (χ2v) is 5.37. The Bertz CT molecular complexity index is 515. The highest BCUT2D eigenvalue weighted by Gasteiger charge is 2.10. The quantitative estimate of drug-likeness (QED) is 0.419. The van der Waals surface area contributed by atoms with Crippen LogP contribution in [0, 0.1) is 0 Å². The van der Waals surface area contributed by atoms with Crippen molar-refractivity contribution in [3.05, 3.63) is 29.8 Å². The van der Waals surface area contributed by atoms with Crippen LogP contribution in [0.15, 0.2) is 29.3 Å². The first-order valence-corrected chi connectivity index (χ1v) is 7.83. The van der Waals surface area contributed by atoms with Crippen molar-refractivity contribution in [3.63, 3.8) is 0 Å². The molecule has 7 nitrogen and oxygen atoms in total. The van der Waals surface area contributed by atoms with E-state index in [9.17, 15) is 4.79 Å². The summed E-state index contributed by atoms with van der Waals surface area (Å²) in [5.74, 6) is 0.418. The summed E-state index contributed by atoms with van der Waals surface area (Å²) in [5, 5.41) is 2.70. The minimum absolute atomic E-state index is 0.214. The van der Waals surface area contributed by atoms with E-state index in [1.54, 1.807) is 38.5 Å². The van der Waals surface area contributed by atoms with Gasteiger partial charge in [-0.1, -0.05) is 0 Å². The van der Waals surface area contributed by atoms with Crippen molar-refractivity contribution in [2.45, 2.75) is 6.42 Å². The summed E-state index contributed by atoms with van der Waals surface area (Å²) in [4.78, 5) is 18.7. The average Bonchev–Trinajstić information content (AvgIpc) is 2.58. The molecule has 1 N–H and O–H groups in total. The van der Waals surface area contributed by atoms with E-state index in [1.807, 2.05) is 14.1 Å². The third kappa shape index (κ3) is 7.94. The van der Waals surface area contributed by atoms with Crippen LogP contribution in [-0.4, -0.2) is 71.4 Å². The summed E-state index contributed by atoms with van der Waals surface area (Å²) in [6.45, 7) is 2.24. The van der Waals surface area contributed by atoms with Crippen molar-refractivity contribution < 1.29 is 19.0 Å². The fourth-order valence-electron chi connectivity index (χ4n) is 1.82. The summed E-state index contributed by atoms with van der Waals surface area (Å²) in [7, 11) is 7.18. The summed E-state index contributed by atoms with van der Waals surface area (Å²) in [5.41, 5.74) is 0.507. The molecule has 24 heavy (non-hydrogen) atoms. The fraction of sp³-hybridized carbons (Fsp3) is 0.529. The van der Waals surface area contributed by atoms with Gasteiger partial charge < -0.3 is 19.1 Å². The summed E-state index contributed by atoms with van der Waals surface area (Å²) < 4.78 is 15.5. The minimum Gasteiger partial charge on any atom is -0.497 e. The molecule has 0 atom stereocenters. The number of amidine groups is 1. The maximum Gasteiger partial charge on any atom is 0.291 e. The first-order valence-electron chi connectivity index (χ1n) is 7.83. The van der Waals surface area contributed by atoms with Crippen molar-refractivity contribution in [1.29, 1.82) is 0 Å². The lowest BCUT2D eigenvalue weighted by Crippen LogP contribution is -2.33. The zero-order valence-electron chi connectivity index (χ0n) is 14.9. The highest BCUT2D eigenvalue weighted by atomic mass is 16.5. The predicted octanol–water partition coefficient (Wildman–Crippen LogP) is 1.40. The molecule has 0 aromatic heterocycles. The SMILES string of the molecule is COCCOC(=NCCCN(C)C)NC(=O)c1ccc(OC)cc1. The lowest BCUT2D eigenvalue weighted by Gasteiger charge is -2.12. The Balaban J connectivity index is 2.63. The Hall–Kier alpha value is -2.12. The molecule has 1 amide bonds. The molecule has 134 valence electrons. The molecule has 0 aliphatic carbocycles. The number of hydrogen-bond donors (Lipinski definition) is 1. The summed E-state index contributed by atoms with van der Waals surface area (Å²) >= 11 is 0. The Kier molecular flexibility index (Phi) is 9.48. The second-order valence-electron chi connectivity index (χ2n) is 5.37. The van der Waals surface area contributed by atoms with E-state index in [4.69, 9.17) is 14.2 Å². The number of hydrogen-bond acceptors (Lipinski definition) is 6. The van der Waals surface area contributed by atoms with Gasteiger partial charge in [-0.2, -0.15) is 0 Å². The van der Waals surface area contributed by atoms with E-state index in [-0.39, 0.29) is 11.9 Å². The molecule has 0 bridgehead atoms. The molecule has 0 aliphatic rings. The van der Waals surface area contributed by atoms with Crippen LogP contribution in [0.2, 0.25) is 0 Å². The van der Waals surface area contributed by atoms with Crippen LogP contribution in [0.5, 0.6) is 5.75 Å². The van der Waals surface area contributed by atoms with Crippen LogP contribution in [-0.2, 0) is 9.47 Å². The maximum atomic E-state index is 12.3. The van der Waals surface area contributed by atoms with Gasteiger partial charge in [-0.3, -0.25) is 10.1 Å². The van der Waals surface area contributed by atoms with E-state index < -0.39 is 0 Å². The molecule has 0 aliphatic heterocycles. The first kappa shape index (κ1) is 19.9. The van der Waals surface area contributed by atoms with Crippen LogP contribution in [0.25, 0.3) is 0 Å². The Morgan fingerprint density at radius 1 is 1.17 bits per heavy atom. The molecule has 0 saturated carbocycles. The third-order valence-electron chi connectivity index (χ3n) is 3.12. The van der Waals surface area contributed by atoms with E-state index in [0.29, 0.717) is 31.1 Å². The molecule has 0 spiro atoms. The van der Waals surface area contributed by atoms with Gasteiger partial charge in [-0.15, -0.1) is 0 Å². The Labute approximate surface area is 143 Å². The number of benzene rings is 1. The molecule has 0 heterocycles. The zero-order chi connectivity index (χ0) is 17.8. The van der Waals surface area contributed by atoms with Gasteiger partial charge in [0.2, 0.25) is 0 Å². The van der Waals surface area contributed by atoms with E-state index in [2.05, 4.69) is 15.2 Å². The number of nitrogens with zero attached hydrogens (tertiary/aromatic N) is 2. The number of rotatable bonds is 9. The van der Waals surface area contributed by atoms with Crippen LogP contribution in [0.1, 0.15) is 16.8 Å². The standard InChI is InChI=1S/C17H27N3O4/c1-20(2)11-5-10-18-17(24-13-12-22-3)19-16(21)14-6-8-15(23-4)9-7-14/h6-9H,5,10-13H2,1-4H3,(H,18,19,21). The fourth-order valence-corrected chi connectivity index (χ4v) is 1.82. The monoisotopic (exact) mass is 337 g/mol. The highest BCUT2D eigenvalue weighted by molar-refractivity contribution is 6.04. The van der Waals surface area contributed by atoms with Gasteiger partial charge in [0.25, 0.3) is 11.9 Å². The molecule has 0 saturated heterocycles. The Morgan fingerprint density at radius 3 is 2.46 bits per heavy atom. The largest absolute Gasteiger partial charge is 0.497 e. The summed E-state index contributed by atoms with van der Waals surface area (Å²) in [6, 6.07) is 7.05. The van der Waals surface area contributed by atoms with Crippen LogP contribution in [0.3, 0.4) is 0 Å². The van der Waals surface area contributed by atoms with Crippen LogP contribution < -0.4 is 10.1 Å². The van der Waals surface area contributed by atoms with E-state index >= 15 is 0 Å². The van der Waals surface area contributed by atoms with Gasteiger partial charge in [0.05, 0.1) is 13.7 Å². The number of ether oxygens (including phenoxy) is 3. The van der Waals surface area contributed by atoms with E-state index in [1.165, 1.54) is 0 Å². The van der Waals surface area contributed by atoms with Crippen LogP contribution in [0.4, 0.5) is 0 Å². The van der Waals surface area contributed by atoms with Gasteiger partial charge in [-0.25, -0.2) is 4.99 Å². The van der Waals surface area contributed by atoms with Gasteiger partial charge in [0.1, 0.15) is 12.4 Å². The first-order chi connectivity index (χ1) is 11.6. The molecular formula is C17H27N3O4. The van der Waals surface area contributed by atoms with Crippen molar-refractivity contribution >= 4 is 11.9 Å². The molecule has 1 aromatic rings. The second kappa shape index (κ2) is 11.4. The van der Waals surface area contributed by atoms with Gasteiger partial charge in [0.15, 0.2) is 0 Å². The topological polar surface area (TPSA) is 72.4 Å². The smallest absolute Gasteiger partial charge is 0.291 e. The van der Waals surface area contributed by atoms with Crippen LogP contribution >= 0.6 is 0 Å². The average molecular weight is 337 g/mol. The normalized spacial score (nSPS) is 11.5. The molecule has 0 radical (unpaired) electrons. The van der Waals surface area contributed by atoms with E-state index in [0.717, 1.165) is 13.0 Å². The molecule has 1 rings (SSSR count). The summed E-state index contributed by atoms with van der Waals surface area (Å²) in [6.07, 6.45) is 0.878. The lowest BCUT2D eigenvalue weighted by molar-refractivity contribution is 0.0954. The number of aliphatic imine (C=N–C) groups is 1. The Morgan fingerprint density at radius 2 is 1.88 bits per heavy atom. The molecule has 7 heteroatoms. The van der Waals surface area contributed by atoms with Gasteiger partial charge in [-0.05, 0) is 51.3 Å². The third-order valence-corrected chi connectivity index (χ3v) is 3.12. The number of carbonyl (C=O) groups excluding carboxylic acids is 1. The number of nitrogens with one attached hydrogen (secondary N) is 1.